The van der Waals surface area contributed by atoms with Crippen molar-refractivity contribution in [3.05, 3.63) is 36.4 Å². The molecule has 0 aliphatic rings. The molecule has 152 valence electrons. The van der Waals surface area contributed by atoms with Gasteiger partial charge in [-0.25, -0.2) is 25.3 Å². The second kappa shape index (κ2) is 6.98. The molecule has 4 rings (SSSR count). The van der Waals surface area contributed by atoms with Crippen molar-refractivity contribution in [2.45, 2.75) is 14.7 Å². The number of hydrogen-bond acceptors (Lipinski definition) is 10. The smallest absolute Gasteiger partial charge is 0.744 e. The van der Waals surface area contributed by atoms with Crippen LogP contribution < -0.4 is 29.6 Å². The Kier molecular flexibility index (Phi) is 5.38. The molecule has 10 nitrogen and oxygen atoms in total. The third-order valence-corrected chi connectivity index (χ3v) is 7.20. The molecule has 0 aliphatic heterocycles. The first-order valence-corrected chi connectivity index (χ1v) is 11.8. The zero-order valence-electron chi connectivity index (χ0n) is 14.8. The standard InChI is InChI=1S/C16H10O10S3.Na/c17-11-5-12(27(18,19)20)8-3-4-10-14(29(24,25)26)6-13(28(21,22)23)9-2-1-7(11)15(8)16(9)10;/h1-6,17H,(H,18,19,20)(H,21,22,23)(H,24,25,26);/q;+1/p-3. The van der Waals surface area contributed by atoms with Gasteiger partial charge < -0.3 is 18.8 Å². The maximum absolute atomic E-state index is 11.7. The number of phenolic OH excluding ortho intramolecular Hbond substituents is 1. The van der Waals surface area contributed by atoms with E-state index >= 15 is 0 Å². The van der Waals surface area contributed by atoms with Crippen LogP contribution in [0, 0.1) is 0 Å². The fourth-order valence-corrected chi connectivity index (χ4v) is 5.67. The third-order valence-electron chi connectivity index (χ3n) is 4.57. The molecule has 0 spiro atoms. The molecule has 1 N–H and O–H groups in total. The number of rotatable bonds is 3. The first-order valence-electron chi connectivity index (χ1n) is 7.56. The van der Waals surface area contributed by atoms with Crippen molar-refractivity contribution in [2.24, 2.45) is 0 Å². The van der Waals surface area contributed by atoms with Crippen LogP contribution in [0.2, 0.25) is 0 Å². The summed E-state index contributed by atoms with van der Waals surface area (Å²) in [5.74, 6) is -0.650. The molecule has 0 atom stereocenters. The molecule has 0 fully saturated rings. The summed E-state index contributed by atoms with van der Waals surface area (Å²) in [7, 11) is -15.6. The summed E-state index contributed by atoms with van der Waals surface area (Å²) in [5, 5.41) is 8.89. The first-order chi connectivity index (χ1) is 13.2. The van der Waals surface area contributed by atoms with Crippen LogP contribution in [0.15, 0.2) is 51.1 Å². The monoisotopic (exact) mass is 478 g/mol. The molecule has 0 radical (unpaired) electrons. The van der Waals surface area contributed by atoms with Crippen LogP contribution in [0.1, 0.15) is 0 Å². The topological polar surface area (TPSA) is 192 Å². The minimum Gasteiger partial charge on any atom is -0.744 e. The Morgan fingerprint density at radius 3 is 1.23 bits per heavy atom. The molecule has 0 heterocycles. The summed E-state index contributed by atoms with van der Waals surface area (Å²) in [6, 6.07) is 5.54. The van der Waals surface area contributed by atoms with Crippen molar-refractivity contribution < 1.29 is 73.6 Å². The van der Waals surface area contributed by atoms with Gasteiger partial charge in [0.2, 0.25) is 0 Å². The largest absolute Gasteiger partial charge is 1.00 e. The average Bonchev–Trinajstić information content (AvgIpc) is 2.57. The Labute approximate surface area is 192 Å². The van der Waals surface area contributed by atoms with Crippen molar-refractivity contribution >= 4 is 62.7 Å². The molecule has 4 aromatic rings. The van der Waals surface area contributed by atoms with E-state index in [1.807, 2.05) is 0 Å². The van der Waals surface area contributed by atoms with Crippen LogP contribution in [0.25, 0.3) is 32.3 Å². The van der Waals surface area contributed by atoms with Crippen molar-refractivity contribution in [1.82, 2.24) is 0 Å². The molecule has 0 aliphatic carbocycles. The van der Waals surface area contributed by atoms with Crippen molar-refractivity contribution in [2.75, 3.05) is 0 Å². The zero-order valence-corrected chi connectivity index (χ0v) is 19.3. The van der Waals surface area contributed by atoms with E-state index in [1.165, 1.54) is 6.07 Å². The van der Waals surface area contributed by atoms with Gasteiger partial charge in [-0.15, -0.1) is 0 Å². The van der Waals surface area contributed by atoms with Crippen molar-refractivity contribution in [1.29, 1.82) is 0 Å². The molecular formula is C16H7NaO10S3-2. The molecule has 0 bridgehead atoms. The normalized spacial score (nSPS) is 13.2. The maximum Gasteiger partial charge on any atom is 1.00 e. The molecule has 0 amide bonds. The molecule has 0 unspecified atom stereocenters. The first kappa shape index (κ1) is 23.1. The molecule has 0 saturated carbocycles. The van der Waals surface area contributed by atoms with E-state index in [-0.39, 0.29) is 61.9 Å². The Morgan fingerprint density at radius 1 is 0.567 bits per heavy atom. The third kappa shape index (κ3) is 3.45. The van der Waals surface area contributed by atoms with Crippen LogP contribution in [0.4, 0.5) is 0 Å². The van der Waals surface area contributed by atoms with Crippen LogP contribution in [-0.4, -0.2) is 44.0 Å². The zero-order chi connectivity index (χ0) is 21.5. The predicted octanol–water partition coefficient (Wildman–Crippen LogP) is -1.99. The Morgan fingerprint density at radius 2 is 0.867 bits per heavy atom. The molecule has 0 saturated heterocycles. The van der Waals surface area contributed by atoms with Gasteiger partial charge in [0.05, 0.1) is 14.7 Å². The van der Waals surface area contributed by atoms with Crippen LogP contribution >= 0.6 is 0 Å². The molecular weight excluding hydrogens is 471 g/mol. The van der Waals surface area contributed by atoms with E-state index in [0.29, 0.717) is 12.1 Å². The summed E-state index contributed by atoms with van der Waals surface area (Å²) >= 11 is 0. The van der Waals surface area contributed by atoms with E-state index in [2.05, 4.69) is 0 Å². The van der Waals surface area contributed by atoms with Gasteiger partial charge in [0.15, 0.2) is 0 Å². The summed E-state index contributed by atoms with van der Waals surface area (Å²) in [5.41, 5.74) is 0. The SMILES string of the molecule is O=S(=O)([O-])c1cc(O)c2ccc3c(S(=O)(=O)[O-])cc(S(=O)(=O)[O-])c4ccc1c2c34.[Na+]. The van der Waals surface area contributed by atoms with E-state index < -0.39 is 50.8 Å². The fourth-order valence-electron chi connectivity index (χ4n) is 3.50. The second-order valence-electron chi connectivity index (χ2n) is 6.20. The molecule has 0 aromatic heterocycles. The minimum absolute atomic E-state index is 0. The van der Waals surface area contributed by atoms with E-state index in [1.54, 1.807) is 0 Å². The Bertz CT molecular complexity index is 1620. The average molecular weight is 478 g/mol. The van der Waals surface area contributed by atoms with Crippen LogP contribution in [0.3, 0.4) is 0 Å². The van der Waals surface area contributed by atoms with Crippen molar-refractivity contribution in [3.63, 3.8) is 0 Å². The van der Waals surface area contributed by atoms with Gasteiger partial charge in [-0.05, 0) is 18.2 Å². The van der Waals surface area contributed by atoms with E-state index in [0.717, 1.165) is 18.2 Å². The van der Waals surface area contributed by atoms with Gasteiger partial charge in [-0.3, -0.25) is 0 Å². The summed E-state index contributed by atoms with van der Waals surface area (Å²) < 4.78 is 105. The summed E-state index contributed by atoms with van der Waals surface area (Å²) in [6.45, 7) is 0. The van der Waals surface area contributed by atoms with Crippen LogP contribution in [-0.2, 0) is 30.4 Å². The number of benzene rings is 4. The maximum atomic E-state index is 11.7. The van der Waals surface area contributed by atoms with Crippen LogP contribution in [0.5, 0.6) is 5.75 Å². The van der Waals surface area contributed by atoms with Crippen molar-refractivity contribution in [3.8, 4) is 5.75 Å². The Hall–Kier alpha value is -1.55. The van der Waals surface area contributed by atoms with Gasteiger partial charge in [0.1, 0.15) is 36.1 Å². The minimum atomic E-state index is -5.25. The van der Waals surface area contributed by atoms with Gasteiger partial charge in [-0.1, -0.05) is 18.2 Å². The van der Waals surface area contributed by atoms with Gasteiger partial charge in [0.25, 0.3) is 0 Å². The number of aromatic hydroxyl groups is 1. The number of hydrogen-bond donors (Lipinski definition) is 1. The number of phenols is 1. The van der Waals surface area contributed by atoms with E-state index in [9.17, 15) is 44.0 Å². The Balaban J connectivity index is 0.00000256. The molecule has 4 aromatic carbocycles. The quantitative estimate of drug-likeness (QED) is 0.196. The van der Waals surface area contributed by atoms with Gasteiger partial charge in [0, 0.05) is 32.3 Å². The summed E-state index contributed by atoms with van der Waals surface area (Å²) in [6.07, 6.45) is 0. The van der Waals surface area contributed by atoms with Gasteiger partial charge >= 0.3 is 29.6 Å². The molecule has 30 heavy (non-hydrogen) atoms. The van der Waals surface area contributed by atoms with E-state index in [4.69, 9.17) is 0 Å². The second-order valence-corrected chi connectivity index (χ2v) is 10.2. The predicted molar refractivity (Wildman–Crippen MR) is 95.7 cm³/mol. The fraction of sp³-hybridized carbons (Fsp3) is 0. The van der Waals surface area contributed by atoms with Gasteiger partial charge in [-0.2, -0.15) is 0 Å². The summed E-state index contributed by atoms with van der Waals surface area (Å²) in [4.78, 5) is -2.86. The molecule has 14 heteroatoms.